The van der Waals surface area contributed by atoms with Crippen LogP contribution in [0.25, 0.3) is 66.4 Å². The number of hydrogen-bond donors (Lipinski definition) is 0. The fraction of sp³-hybridized carbons (Fsp3) is 0.111. The highest BCUT2D eigenvalue weighted by atomic mass is 16.3. The number of anilines is 3. The Kier molecular flexibility index (Phi) is 6.98. The third-order valence-electron chi connectivity index (χ3n) is 12.7. The largest absolute Gasteiger partial charge is 0.456 e. The molecular weight excluding hydrogens is 679 g/mol. The first-order chi connectivity index (χ1) is 27.3. The summed E-state index contributed by atoms with van der Waals surface area (Å²) in [6, 6.07) is 64.6. The van der Waals surface area contributed by atoms with E-state index in [0.717, 1.165) is 39.0 Å². The van der Waals surface area contributed by atoms with Crippen molar-refractivity contribution in [2.45, 2.75) is 38.5 Å². The second-order valence-electron chi connectivity index (χ2n) is 16.4. The first-order valence-corrected chi connectivity index (χ1v) is 19.7. The molecular formula is C54H41NO. The minimum absolute atomic E-state index is 0.109. The molecule has 0 N–H and O–H groups in total. The molecule has 1 heterocycles. The standard InChI is InChI=1S/C54H41NO/c1-53(2)43-24-10-5-18-36(43)38-32-31-34(33-45(38)53)35-17-7-12-26-46(35)55(48-28-16-30-50-51(48)42-21-9-14-29-49(42)56-50)47-27-13-8-20-39(47)41-23-15-22-40-37-19-6-11-25-44(37)54(3,4)52(40)41/h5-33H,1-4H3. The van der Waals surface area contributed by atoms with Gasteiger partial charge in [0, 0.05) is 27.3 Å². The van der Waals surface area contributed by atoms with Gasteiger partial charge in [-0.05, 0) is 92.0 Å². The molecule has 56 heavy (non-hydrogen) atoms. The van der Waals surface area contributed by atoms with Gasteiger partial charge in [-0.3, -0.25) is 0 Å². The summed E-state index contributed by atoms with van der Waals surface area (Å²) in [6.45, 7) is 9.48. The maximum atomic E-state index is 6.55. The van der Waals surface area contributed by atoms with Crippen molar-refractivity contribution in [2.75, 3.05) is 4.90 Å². The summed E-state index contributed by atoms with van der Waals surface area (Å²) in [5.74, 6) is 0. The average molecular weight is 720 g/mol. The lowest BCUT2D eigenvalue weighted by Gasteiger charge is -2.32. The van der Waals surface area contributed by atoms with Gasteiger partial charge in [0.2, 0.25) is 0 Å². The van der Waals surface area contributed by atoms with Gasteiger partial charge in [0.05, 0.1) is 22.4 Å². The molecule has 0 bridgehead atoms. The van der Waals surface area contributed by atoms with Crippen LogP contribution in [0, 0.1) is 0 Å². The predicted octanol–water partition coefficient (Wildman–Crippen LogP) is 15.0. The maximum absolute atomic E-state index is 6.55. The molecule has 8 aromatic carbocycles. The fourth-order valence-electron chi connectivity index (χ4n) is 10.1. The average Bonchev–Trinajstić information content (AvgIpc) is 3.82. The fourth-order valence-corrected chi connectivity index (χ4v) is 10.1. The van der Waals surface area contributed by atoms with Gasteiger partial charge in [-0.2, -0.15) is 0 Å². The van der Waals surface area contributed by atoms with Gasteiger partial charge >= 0.3 is 0 Å². The molecule has 0 atom stereocenters. The highest BCUT2D eigenvalue weighted by Gasteiger charge is 2.39. The summed E-state index contributed by atoms with van der Waals surface area (Å²) >= 11 is 0. The lowest BCUT2D eigenvalue weighted by molar-refractivity contribution is 0.660. The number of rotatable bonds is 5. The molecule has 2 nitrogen and oxygen atoms in total. The summed E-state index contributed by atoms with van der Waals surface area (Å²) in [4.78, 5) is 2.50. The molecule has 2 aliphatic carbocycles. The summed E-state index contributed by atoms with van der Waals surface area (Å²) in [6.07, 6.45) is 0. The van der Waals surface area contributed by atoms with Crippen molar-refractivity contribution in [3.8, 4) is 44.5 Å². The van der Waals surface area contributed by atoms with Crippen molar-refractivity contribution in [2.24, 2.45) is 0 Å². The van der Waals surface area contributed by atoms with E-state index in [0.29, 0.717) is 0 Å². The number of hydrogen-bond acceptors (Lipinski definition) is 2. The Labute approximate surface area is 328 Å². The third kappa shape index (κ3) is 4.56. The van der Waals surface area contributed by atoms with Crippen molar-refractivity contribution in [3.63, 3.8) is 0 Å². The molecule has 11 rings (SSSR count). The van der Waals surface area contributed by atoms with Crippen LogP contribution < -0.4 is 4.90 Å². The monoisotopic (exact) mass is 719 g/mol. The Morgan fingerprint density at radius 1 is 0.375 bits per heavy atom. The summed E-state index contributed by atoms with van der Waals surface area (Å²) in [7, 11) is 0. The second-order valence-corrected chi connectivity index (χ2v) is 16.4. The van der Waals surface area contributed by atoms with Gasteiger partial charge in [0.15, 0.2) is 0 Å². The van der Waals surface area contributed by atoms with E-state index >= 15 is 0 Å². The van der Waals surface area contributed by atoms with E-state index in [1.807, 2.05) is 0 Å². The van der Waals surface area contributed by atoms with Crippen molar-refractivity contribution >= 4 is 39.0 Å². The predicted molar refractivity (Wildman–Crippen MR) is 234 cm³/mol. The Morgan fingerprint density at radius 3 is 1.64 bits per heavy atom. The van der Waals surface area contributed by atoms with E-state index < -0.39 is 0 Å². The van der Waals surface area contributed by atoms with Crippen molar-refractivity contribution in [1.29, 1.82) is 0 Å². The summed E-state index contributed by atoms with van der Waals surface area (Å²) in [5.41, 5.74) is 20.4. The van der Waals surface area contributed by atoms with Gasteiger partial charge in [-0.25, -0.2) is 0 Å². The van der Waals surface area contributed by atoms with Gasteiger partial charge < -0.3 is 9.32 Å². The van der Waals surface area contributed by atoms with E-state index in [1.54, 1.807) is 0 Å². The smallest absolute Gasteiger partial charge is 0.137 e. The van der Waals surface area contributed by atoms with Crippen LogP contribution >= 0.6 is 0 Å². The van der Waals surface area contributed by atoms with Crippen molar-refractivity contribution in [3.05, 3.63) is 198 Å². The zero-order chi connectivity index (χ0) is 37.8. The third-order valence-corrected chi connectivity index (χ3v) is 12.7. The van der Waals surface area contributed by atoms with Crippen LogP contribution in [0.2, 0.25) is 0 Å². The van der Waals surface area contributed by atoms with Crippen molar-refractivity contribution in [1.82, 2.24) is 0 Å². The van der Waals surface area contributed by atoms with E-state index in [-0.39, 0.29) is 10.8 Å². The lowest BCUT2D eigenvalue weighted by atomic mass is 9.78. The van der Waals surface area contributed by atoms with Gasteiger partial charge in [0.1, 0.15) is 11.2 Å². The topological polar surface area (TPSA) is 16.4 Å². The Balaban J connectivity index is 1.19. The van der Waals surface area contributed by atoms with Crippen LogP contribution in [0.4, 0.5) is 17.1 Å². The van der Waals surface area contributed by atoms with E-state index in [2.05, 4.69) is 209 Å². The maximum Gasteiger partial charge on any atom is 0.137 e. The van der Waals surface area contributed by atoms with E-state index in [4.69, 9.17) is 4.42 Å². The molecule has 0 aliphatic heterocycles. The second kappa shape index (κ2) is 11.9. The highest BCUT2D eigenvalue weighted by molar-refractivity contribution is 6.14. The highest BCUT2D eigenvalue weighted by Crippen LogP contribution is 2.56. The molecule has 0 fully saturated rings. The Bertz CT molecular complexity index is 3050. The van der Waals surface area contributed by atoms with Crippen LogP contribution in [0.1, 0.15) is 49.9 Å². The van der Waals surface area contributed by atoms with Crippen LogP contribution in [0.5, 0.6) is 0 Å². The molecule has 0 saturated heterocycles. The molecule has 0 amide bonds. The van der Waals surface area contributed by atoms with Crippen LogP contribution in [-0.4, -0.2) is 0 Å². The van der Waals surface area contributed by atoms with Crippen LogP contribution in [-0.2, 0) is 10.8 Å². The zero-order valence-electron chi connectivity index (χ0n) is 32.1. The zero-order valence-corrected chi connectivity index (χ0v) is 32.1. The minimum Gasteiger partial charge on any atom is -0.456 e. The number of furan rings is 1. The van der Waals surface area contributed by atoms with Gasteiger partial charge in [-0.1, -0.05) is 167 Å². The SMILES string of the molecule is CC1(C)c2ccccc2-c2ccc(-c3ccccc3N(c3ccccc3-c3cccc4c3C(C)(C)c3ccccc3-4)c3cccc4oc5ccccc5c34)cc21. The summed E-state index contributed by atoms with van der Waals surface area (Å²) in [5, 5.41) is 2.21. The molecule has 2 aliphatic rings. The lowest BCUT2D eigenvalue weighted by Crippen LogP contribution is -2.17. The number of nitrogens with zero attached hydrogens (tertiary/aromatic N) is 1. The van der Waals surface area contributed by atoms with Crippen molar-refractivity contribution < 1.29 is 4.42 Å². The molecule has 268 valence electrons. The molecule has 1 aromatic heterocycles. The van der Waals surface area contributed by atoms with E-state index in [9.17, 15) is 0 Å². The number of para-hydroxylation sites is 3. The molecule has 2 heteroatoms. The van der Waals surface area contributed by atoms with E-state index in [1.165, 1.54) is 66.8 Å². The molecule has 9 aromatic rings. The molecule has 0 spiro atoms. The molecule has 0 unspecified atom stereocenters. The first kappa shape index (κ1) is 32.8. The Hall–Kier alpha value is -6.64. The summed E-state index contributed by atoms with van der Waals surface area (Å²) < 4.78 is 6.55. The van der Waals surface area contributed by atoms with Crippen LogP contribution in [0.15, 0.2) is 180 Å². The minimum atomic E-state index is -0.173. The van der Waals surface area contributed by atoms with Crippen LogP contribution in [0.3, 0.4) is 0 Å². The Morgan fingerprint density at radius 2 is 0.875 bits per heavy atom. The van der Waals surface area contributed by atoms with Gasteiger partial charge in [0.25, 0.3) is 0 Å². The quantitative estimate of drug-likeness (QED) is 0.176. The molecule has 0 radical (unpaired) electrons. The number of fused-ring (bicyclic) bond motifs is 9. The van der Waals surface area contributed by atoms with Gasteiger partial charge in [-0.15, -0.1) is 0 Å². The first-order valence-electron chi connectivity index (χ1n) is 19.7. The number of benzene rings is 8. The normalized spacial score (nSPS) is 14.4. The molecule has 0 saturated carbocycles.